The molecule has 0 amide bonds. The number of aromatic nitrogens is 3. The van der Waals surface area contributed by atoms with Crippen LogP contribution < -0.4 is 0 Å². The summed E-state index contributed by atoms with van der Waals surface area (Å²) in [5, 5.41) is 8.11. The largest absolute Gasteiger partial charge is 0.360 e. The van der Waals surface area contributed by atoms with Crippen molar-refractivity contribution in [2.75, 3.05) is 6.54 Å². The van der Waals surface area contributed by atoms with Gasteiger partial charge < -0.3 is 4.52 Å². The fourth-order valence-electron chi connectivity index (χ4n) is 2.88. The van der Waals surface area contributed by atoms with Crippen molar-refractivity contribution in [1.29, 1.82) is 0 Å². The first-order valence-electron chi connectivity index (χ1n) is 8.33. The Kier molecular flexibility index (Phi) is 5.24. The highest BCUT2D eigenvalue weighted by Crippen LogP contribution is 2.24. The third kappa shape index (κ3) is 3.86. The van der Waals surface area contributed by atoms with Crippen LogP contribution in [0.4, 0.5) is 0 Å². The van der Waals surface area contributed by atoms with Gasteiger partial charge in [0.15, 0.2) is 5.76 Å². The smallest absolute Gasteiger partial charge is 0.248 e. The van der Waals surface area contributed by atoms with Gasteiger partial charge in [-0.1, -0.05) is 35.5 Å². The molecule has 26 heavy (non-hydrogen) atoms. The molecule has 2 heterocycles. The third-order valence-corrected chi connectivity index (χ3v) is 6.26. The van der Waals surface area contributed by atoms with Crippen LogP contribution >= 0.6 is 0 Å². The highest BCUT2D eigenvalue weighted by atomic mass is 32.2. The lowest BCUT2D eigenvalue weighted by atomic mass is 10.1. The predicted molar refractivity (Wildman–Crippen MR) is 96.9 cm³/mol. The van der Waals surface area contributed by atoms with Gasteiger partial charge in [0.1, 0.15) is 10.6 Å². The molecule has 0 radical (unpaired) electrons. The van der Waals surface area contributed by atoms with Gasteiger partial charge in [-0.2, -0.15) is 9.40 Å². The van der Waals surface area contributed by atoms with Crippen molar-refractivity contribution in [1.82, 2.24) is 19.2 Å². The highest BCUT2D eigenvalue weighted by molar-refractivity contribution is 7.89. The molecule has 8 heteroatoms. The zero-order chi connectivity index (χ0) is 18.7. The molecule has 1 aromatic carbocycles. The Morgan fingerprint density at radius 2 is 1.88 bits per heavy atom. The third-order valence-electron chi connectivity index (χ3n) is 4.17. The monoisotopic (exact) mass is 374 g/mol. The molecule has 0 fully saturated rings. The van der Waals surface area contributed by atoms with Crippen LogP contribution in [0.25, 0.3) is 0 Å². The minimum absolute atomic E-state index is 0.140. The summed E-state index contributed by atoms with van der Waals surface area (Å²) >= 11 is 0. The molecule has 3 rings (SSSR count). The molecule has 0 unspecified atom stereocenters. The van der Waals surface area contributed by atoms with E-state index >= 15 is 0 Å². The van der Waals surface area contributed by atoms with E-state index in [9.17, 15) is 8.42 Å². The van der Waals surface area contributed by atoms with E-state index in [0.717, 1.165) is 5.56 Å². The SMILES string of the molecule is Cc1noc(C)c1S(=O)(=O)N(CCc1ccccc1)Cc1ccn(C)n1. The van der Waals surface area contributed by atoms with Crippen LogP contribution in [-0.2, 0) is 30.0 Å². The Balaban J connectivity index is 1.91. The Labute approximate surface area is 153 Å². The van der Waals surface area contributed by atoms with Gasteiger partial charge in [0.25, 0.3) is 0 Å². The average molecular weight is 374 g/mol. The van der Waals surface area contributed by atoms with Crippen LogP contribution in [0.15, 0.2) is 52.0 Å². The Morgan fingerprint density at radius 1 is 1.15 bits per heavy atom. The number of nitrogens with zero attached hydrogens (tertiary/aromatic N) is 4. The average Bonchev–Trinajstić information content (AvgIpc) is 3.17. The molecule has 7 nitrogen and oxygen atoms in total. The lowest BCUT2D eigenvalue weighted by Crippen LogP contribution is -2.33. The summed E-state index contributed by atoms with van der Waals surface area (Å²) in [4.78, 5) is 0.140. The molecule has 0 aliphatic rings. The van der Waals surface area contributed by atoms with Crippen LogP contribution in [0, 0.1) is 13.8 Å². The lowest BCUT2D eigenvalue weighted by molar-refractivity contribution is 0.386. The van der Waals surface area contributed by atoms with Crippen molar-refractivity contribution in [2.24, 2.45) is 7.05 Å². The van der Waals surface area contributed by atoms with Crippen molar-refractivity contribution in [3.05, 3.63) is 65.3 Å². The Hall–Kier alpha value is -2.45. The summed E-state index contributed by atoms with van der Waals surface area (Å²) in [7, 11) is -1.94. The maximum atomic E-state index is 13.3. The van der Waals surface area contributed by atoms with Crippen LogP contribution in [0.5, 0.6) is 0 Å². The molecule has 0 aliphatic carbocycles. The van der Waals surface area contributed by atoms with Crippen molar-refractivity contribution in [3.63, 3.8) is 0 Å². The summed E-state index contributed by atoms with van der Waals surface area (Å²) in [6, 6.07) is 11.6. The van der Waals surface area contributed by atoms with E-state index in [1.165, 1.54) is 4.31 Å². The maximum absolute atomic E-state index is 13.3. The number of hydrogen-bond donors (Lipinski definition) is 0. The first kappa shape index (κ1) is 18.3. The molecule has 2 aromatic heterocycles. The first-order chi connectivity index (χ1) is 12.4. The van der Waals surface area contributed by atoms with E-state index in [1.807, 2.05) is 36.4 Å². The van der Waals surface area contributed by atoms with Crippen LogP contribution in [-0.4, -0.2) is 34.2 Å². The molecule has 0 atom stereocenters. The summed E-state index contributed by atoms with van der Waals surface area (Å²) in [6.45, 7) is 3.79. The standard InChI is InChI=1S/C18H22N4O3S/c1-14-18(15(2)25-20-14)26(23,24)22(13-17-10-11-21(3)19-17)12-9-16-7-5-4-6-8-16/h4-8,10-11H,9,12-13H2,1-3H3. The number of rotatable bonds is 7. The van der Waals surface area contributed by atoms with Crippen molar-refractivity contribution < 1.29 is 12.9 Å². The van der Waals surface area contributed by atoms with Gasteiger partial charge in [0.2, 0.25) is 10.0 Å². The first-order valence-corrected chi connectivity index (χ1v) is 9.77. The quantitative estimate of drug-likeness (QED) is 0.634. The van der Waals surface area contributed by atoms with Gasteiger partial charge in [-0.05, 0) is 31.9 Å². The zero-order valence-electron chi connectivity index (χ0n) is 15.1. The molecule has 0 N–H and O–H groups in total. The number of hydrogen-bond acceptors (Lipinski definition) is 5. The summed E-state index contributed by atoms with van der Waals surface area (Å²) in [6.07, 6.45) is 2.41. The van der Waals surface area contributed by atoms with E-state index < -0.39 is 10.0 Å². The molecular weight excluding hydrogens is 352 g/mol. The lowest BCUT2D eigenvalue weighted by Gasteiger charge is -2.21. The fourth-order valence-corrected chi connectivity index (χ4v) is 4.59. The normalized spacial score (nSPS) is 12.0. The summed E-state index contributed by atoms with van der Waals surface area (Å²) in [5.74, 6) is 0.299. The molecule has 0 saturated carbocycles. The van der Waals surface area contributed by atoms with Crippen molar-refractivity contribution in [3.8, 4) is 0 Å². The molecule has 0 saturated heterocycles. The zero-order valence-corrected chi connectivity index (χ0v) is 15.9. The second kappa shape index (κ2) is 7.43. The van der Waals surface area contributed by atoms with Crippen LogP contribution in [0.2, 0.25) is 0 Å². The van der Waals surface area contributed by atoms with Crippen molar-refractivity contribution in [2.45, 2.75) is 31.7 Å². The summed E-state index contributed by atoms with van der Waals surface area (Å²) < 4.78 is 34.7. The Bertz CT molecular complexity index is 958. The van der Waals surface area contributed by atoms with E-state index in [1.54, 1.807) is 31.8 Å². The predicted octanol–water partition coefficient (Wildman–Crippen LogP) is 2.46. The maximum Gasteiger partial charge on any atom is 0.248 e. The number of aryl methyl sites for hydroxylation is 3. The minimum atomic E-state index is -3.75. The topological polar surface area (TPSA) is 81.2 Å². The second-order valence-corrected chi connectivity index (χ2v) is 8.08. The molecule has 138 valence electrons. The van der Waals surface area contributed by atoms with Gasteiger partial charge in [0.05, 0.1) is 12.2 Å². The number of sulfonamides is 1. The van der Waals surface area contributed by atoms with Gasteiger partial charge in [-0.25, -0.2) is 8.42 Å². The molecule has 0 bridgehead atoms. The minimum Gasteiger partial charge on any atom is -0.360 e. The van der Waals surface area contributed by atoms with E-state index in [2.05, 4.69) is 10.3 Å². The van der Waals surface area contributed by atoms with Gasteiger partial charge in [-0.15, -0.1) is 0 Å². The number of benzene rings is 1. The van der Waals surface area contributed by atoms with Crippen LogP contribution in [0.1, 0.15) is 22.7 Å². The van der Waals surface area contributed by atoms with Gasteiger partial charge in [-0.3, -0.25) is 4.68 Å². The van der Waals surface area contributed by atoms with Crippen molar-refractivity contribution >= 4 is 10.0 Å². The van der Waals surface area contributed by atoms with Gasteiger partial charge >= 0.3 is 0 Å². The van der Waals surface area contributed by atoms with Crippen LogP contribution in [0.3, 0.4) is 0 Å². The fraction of sp³-hybridized carbons (Fsp3) is 0.333. The van der Waals surface area contributed by atoms with E-state index in [4.69, 9.17) is 4.52 Å². The van der Waals surface area contributed by atoms with Gasteiger partial charge in [0, 0.05) is 19.8 Å². The molecule has 0 aliphatic heterocycles. The molecule has 0 spiro atoms. The molecular formula is C18H22N4O3S. The van der Waals surface area contributed by atoms with E-state index in [-0.39, 0.29) is 11.4 Å². The molecule has 3 aromatic rings. The second-order valence-electron chi connectivity index (χ2n) is 6.21. The Morgan fingerprint density at radius 3 is 2.46 bits per heavy atom. The summed E-state index contributed by atoms with van der Waals surface area (Å²) in [5.41, 5.74) is 2.14. The highest BCUT2D eigenvalue weighted by Gasteiger charge is 2.31. The van der Waals surface area contributed by atoms with E-state index in [0.29, 0.717) is 30.1 Å².